The molecule has 0 unspecified atom stereocenters. The summed E-state index contributed by atoms with van der Waals surface area (Å²) in [6, 6.07) is 12.4. The first-order valence-corrected chi connectivity index (χ1v) is 8.61. The average molecular weight is 415 g/mol. The number of aromatic carboxylic acids is 1. The summed E-state index contributed by atoms with van der Waals surface area (Å²) >= 11 is 5.84. The highest BCUT2D eigenvalue weighted by atomic mass is 35.5. The van der Waals surface area contributed by atoms with E-state index in [4.69, 9.17) is 30.6 Å². The number of carboxylic acid groups (broad SMARTS) is 1. The zero-order chi connectivity index (χ0) is 20.8. The van der Waals surface area contributed by atoms with Crippen molar-refractivity contribution in [2.75, 3.05) is 12.5 Å². The molecular weight excluding hydrogens is 400 g/mol. The number of halogens is 1. The van der Waals surface area contributed by atoms with Gasteiger partial charge in [0.05, 0.1) is 35.9 Å². The van der Waals surface area contributed by atoms with Crippen molar-refractivity contribution in [3.63, 3.8) is 0 Å². The molecule has 0 aliphatic carbocycles. The third-order valence-corrected chi connectivity index (χ3v) is 4.05. The van der Waals surface area contributed by atoms with E-state index in [0.717, 1.165) is 0 Å². The van der Waals surface area contributed by atoms with Crippen molar-refractivity contribution in [1.29, 1.82) is 0 Å². The van der Waals surface area contributed by atoms with Crippen LogP contribution in [-0.2, 0) is 0 Å². The molecule has 2 aromatic carbocycles. The number of anilines is 1. The maximum atomic E-state index is 12.0. The first-order valence-electron chi connectivity index (χ1n) is 8.23. The lowest BCUT2D eigenvalue weighted by Gasteiger charge is -2.09. The van der Waals surface area contributed by atoms with E-state index < -0.39 is 11.9 Å². The van der Waals surface area contributed by atoms with Crippen molar-refractivity contribution in [3.8, 4) is 11.5 Å². The van der Waals surface area contributed by atoms with Crippen LogP contribution in [0.5, 0.6) is 11.5 Å². The van der Waals surface area contributed by atoms with Crippen molar-refractivity contribution in [2.45, 2.75) is 0 Å². The summed E-state index contributed by atoms with van der Waals surface area (Å²) in [5, 5.41) is 13.3. The number of esters is 1. The first kappa shape index (κ1) is 20.0. The molecule has 8 nitrogen and oxygen atoms in total. The molecular formula is C20H15ClN2O6. The average Bonchev–Trinajstić information content (AvgIpc) is 3.25. The number of nitrogens with one attached hydrogen (secondary N) is 1. The van der Waals surface area contributed by atoms with E-state index in [1.807, 2.05) is 0 Å². The minimum atomic E-state index is -1.13. The molecule has 29 heavy (non-hydrogen) atoms. The van der Waals surface area contributed by atoms with Gasteiger partial charge in [0.1, 0.15) is 0 Å². The highest BCUT2D eigenvalue weighted by molar-refractivity contribution is 6.33. The minimum absolute atomic E-state index is 0.0312. The summed E-state index contributed by atoms with van der Waals surface area (Å²) in [6.07, 6.45) is 2.87. The zero-order valence-electron chi connectivity index (χ0n) is 15.1. The molecule has 0 saturated heterocycles. The van der Waals surface area contributed by atoms with Crippen LogP contribution < -0.4 is 14.9 Å². The number of hydrogen-bond acceptors (Lipinski definition) is 7. The Morgan fingerprint density at radius 2 is 2.00 bits per heavy atom. The van der Waals surface area contributed by atoms with Gasteiger partial charge in [0.25, 0.3) is 0 Å². The van der Waals surface area contributed by atoms with E-state index >= 15 is 0 Å². The number of methoxy groups -OCH3 is 1. The molecule has 0 saturated carbocycles. The summed E-state index contributed by atoms with van der Waals surface area (Å²) < 4.78 is 15.5. The van der Waals surface area contributed by atoms with E-state index in [2.05, 4.69) is 10.5 Å². The summed E-state index contributed by atoms with van der Waals surface area (Å²) in [5.41, 5.74) is 3.81. The fourth-order valence-electron chi connectivity index (χ4n) is 2.33. The number of carbonyl (C=O) groups excluding carboxylic acids is 1. The lowest BCUT2D eigenvalue weighted by molar-refractivity contribution is 0.0687. The van der Waals surface area contributed by atoms with Crippen LogP contribution in [0.4, 0.5) is 5.69 Å². The normalized spacial score (nSPS) is 10.7. The van der Waals surface area contributed by atoms with Crippen LogP contribution in [0.25, 0.3) is 0 Å². The number of rotatable bonds is 7. The molecule has 0 aliphatic rings. The van der Waals surface area contributed by atoms with Gasteiger partial charge < -0.3 is 19.0 Å². The molecule has 1 aromatic heterocycles. The van der Waals surface area contributed by atoms with Gasteiger partial charge in [-0.2, -0.15) is 5.10 Å². The van der Waals surface area contributed by atoms with Gasteiger partial charge in [0.2, 0.25) is 5.76 Å². The van der Waals surface area contributed by atoms with Crippen LogP contribution in [0.15, 0.2) is 64.3 Å². The SMILES string of the molecule is COc1cc(C=NNc2ccc(Cl)c(C(=O)O)c2)ccc1OC(=O)c1ccco1. The van der Waals surface area contributed by atoms with Crippen molar-refractivity contribution in [2.24, 2.45) is 5.10 Å². The molecule has 3 aromatic rings. The fourth-order valence-corrected chi connectivity index (χ4v) is 2.53. The molecule has 0 bridgehead atoms. The Kier molecular flexibility index (Phi) is 6.16. The molecule has 0 aliphatic heterocycles. The maximum Gasteiger partial charge on any atom is 0.379 e. The van der Waals surface area contributed by atoms with E-state index in [9.17, 15) is 9.59 Å². The number of benzene rings is 2. The predicted octanol–water partition coefficient (Wildman–Crippen LogP) is 4.31. The Morgan fingerprint density at radius 3 is 2.69 bits per heavy atom. The Balaban J connectivity index is 1.71. The summed E-state index contributed by atoms with van der Waals surface area (Å²) in [4.78, 5) is 23.1. The number of furan rings is 1. The van der Waals surface area contributed by atoms with Gasteiger partial charge in [-0.05, 0) is 54.1 Å². The van der Waals surface area contributed by atoms with Gasteiger partial charge >= 0.3 is 11.9 Å². The van der Waals surface area contributed by atoms with Crippen molar-refractivity contribution in [1.82, 2.24) is 0 Å². The zero-order valence-corrected chi connectivity index (χ0v) is 15.8. The molecule has 1 heterocycles. The van der Waals surface area contributed by atoms with Crippen LogP contribution in [0, 0.1) is 0 Å². The Hall–Kier alpha value is -3.78. The maximum absolute atomic E-state index is 12.0. The second-order valence-electron chi connectivity index (χ2n) is 5.65. The second kappa shape index (κ2) is 8.94. The highest BCUT2D eigenvalue weighted by Gasteiger charge is 2.15. The standard InChI is InChI=1S/C20H15ClN2O6/c1-27-18-9-12(4-7-16(18)29-20(26)17-3-2-8-28-17)11-22-23-13-5-6-15(21)14(10-13)19(24)25/h2-11,23H,1H3,(H,24,25). The molecule has 3 rings (SSSR count). The Bertz CT molecular complexity index is 1060. The van der Waals surface area contributed by atoms with Crippen molar-refractivity contribution in [3.05, 3.63) is 76.7 Å². The number of hydrazone groups is 1. The summed E-state index contributed by atoms with van der Waals surface area (Å²) in [7, 11) is 1.44. The molecule has 0 atom stereocenters. The van der Waals surface area contributed by atoms with Crippen LogP contribution >= 0.6 is 11.6 Å². The quantitative estimate of drug-likeness (QED) is 0.256. The first-order chi connectivity index (χ1) is 14.0. The van der Waals surface area contributed by atoms with Gasteiger partial charge in [0.15, 0.2) is 11.5 Å². The Labute approximate surface area is 170 Å². The monoisotopic (exact) mass is 414 g/mol. The van der Waals surface area contributed by atoms with E-state index in [1.54, 1.807) is 30.3 Å². The van der Waals surface area contributed by atoms with Crippen LogP contribution in [0.3, 0.4) is 0 Å². The lowest BCUT2D eigenvalue weighted by atomic mass is 10.2. The number of carboxylic acids is 1. The summed E-state index contributed by atoms with van der Waals surface area (Å²) in [6.45, 7) is 0. The van der Waals surface area contributed by atoms with E-state index in [1.165, 1.54) is 37.8 Å². The summed E-state index contributed by atoms with van der Waals surface area (Å²) in [5.74, 6) is -1.15. The topological polar surface area (TPSA) is 110 Å². The van der Waals surface area contributed by atoms with Crippen LogP contribution in [0.1, 0.15) is 26.5 Å². The molecule has 0 amide bonds. The third kappa shape index (κ3) is 4.94. The molecule has 148 valence electrons. The third-order valence-electron chi connectivity index (χ3n) is 3.72. The van der Waals surface area contributed by atoms with E-state index in [-0.39, 0.29) is 22.1 Å². The van der Waals surface area contributed by atoms with Crippen LogP contribution in [-0.4, -0.2) is 30.4 Å². The molecule has 9 heteroatoms. The fraction of sp³-hybridized carbons (Fsp3) is 0.0500. The number of hydrogen-bond donors (Lipinski definition) is 2. The van der Waals surface area contributed by atoms with Crippen molar-refractivity contribution >= 4 is 35.4 Å². The Morgan fingerprint density at radius 1 is 1.17 bits per heavy atom. The number of nitrogens with zero attached hydrogens (tertiary/aromatic N) is 1. The number of carbonyl (C=O) groups is 2. The largest absolute Gasteiger partial charge is 0.493 e. The highest BCUT2D eigenvalue weighted by Crippen LogP contribution is 2.28. The number of ether oxygens (including phenoxy) is 2. The van der Waals surface area contributed by atoms with Gasteiger partial charge in [-0.3, -0.25) is 5.43 Å². The van der Waals surface area contributed by atoms with Gasteiger partial charge in [-0.15, -0.1) is 0 Å². The van der Waals surface area contributed by atoms with Crippen LogP contribution in [0.2, 0.25) is 5.02 Å². The van der Waals surface area contributed by atoms with Gasteiger partial charge in [-0.1, -0.05) is 11.6 Å². The smallest absolute Gasteiger partial charge is 0.379 e. The van der Waals surface area contributed by atoms with E-state index in [0.29, 0.717) is 17.0 Å². The van der Waals surface area contributed by atoms with Gasteiger partial charge in [0, 0.05) is 0 Å². The molecule has 0 radical (unpaired) electrons. The molecule has 0 fully saturated rings. The predicted molar refractivity (Wildman–Crippen MR) is 106 cm³/mol. The van der Waals surface area contributed by atoms with Gasteiger partial charge in [-0.25, -0.2) is 9.59 Å². The van der Waals surface area contributed by atoms with Crippen molar-refractivity contribution < 1.29 is 28.6 Å². The lowest BCUT2D eigenvalue weighted by Crippen LogP contribution is -2.08. The minimum Gasteiger partial charge on any atom is -0.493 e. The molecule has 2 N–H and O–H groups in total. The molecule has 0 spiro atoms. The second-order valence-corrected chi connectivity index (χ2v) is 6.05.